The maximum absolute atomic E-state index is 12.8. The van der Waals surface area contributed by atoms with Gasteiger partial charge in [-0.05, 0) is 50.1 Å². The molecule has 0 saturated heterocycles. The molecule has 25 heavy (non-hydrogen) atoms. The molecule has 0 unspecified atom stereocenters. The van der Waals surface area contributed by atoms with Crippen molar-refractivity contribution in [1.82, 2.24) is 4.90 Å². The van der Waals surface area contributed by atoms with E-state index in [-0.39, 0.29) is 18.4 Å². The van der Waals surface area contributed by atoms with Gasteiger partial charge in [-0.1, -0.05) is 41.4 Å². The molecule has 1 N–H and O–H groups in total. The second kappa shape index (κ2) is 8.37. The minimum atomic E-state index is -0.351. The monoisotopic (exact) mass is 378 g/mol. The molecule has 0 fully saturated rings. The van der Waals surface area contributed by atoms with Gasteiger partial charge in [-0.25, -0.2) is 0 Å². The van der Waals surface area contributed by atoms with E-state index in [2.05, 4.69) is 5.32 Å². The first-order valence-corrected chi connectivity index (χ1v) is 8.70. The standard InChI is InChI=1S/C19H20Cl2N2O2/c1-4-23(19(25)14-8-5-7-12(2)13(14)3)11-17(24)22-18-15(20)9-6-10-16(18)21/h5-10H,4,11H2,1-3H3,(H,22,24). The molecule has 0 saturated carbocycles. The molecule has 4 nitrogen and oxygen atoms in total. The molecule has 6 heteroatoms. The van der Waals surface area contributed by atoms with Crippen molar-refractivity contribution >= 4 is 40.7 Å². The third-order valence-corrected chi connectivity index (χ3v) is 4.70. The minimum absolute atomic E-state index is 0.0791. The van der Waals surface area contributed by atoms with Crippen LogP contribution in [0.2, 0.25) is 10.0 Å². The molecule has 0 aliphatic heterocycles. The molecule has 0 heterocycles. The Morgan fingerprint density at radius 1 is 1.04 bits per heavy atom. The van der Waals surface area contributed by atoms with Crippen LogP contribution in [0.1, 0.15) is 28.4 Å². The number of carbonyl (C=O) groups excluding carboxylic acids is 2. The smallest absolute Gasteiger partial charge is 0.254 e. The van der Waals surface area contributed by atoms with Gasteiger partial charge in [0.25, 0.3) is 5.91 Å². The van der Waals surface area contributed by atoms with Gasteiger partial charge in [0.1, 0.15) is 6.54 Å². The van der Waals surface area contributed by atoms with E-state index in [0.717, 1.165) is 11.1 Å². The average Bonchev–Trinajstić information content (AvgIpc) is 2.58. The summed E-state index contributed by atoms with van der Waals surface area (Å²) < 4.78 is 0. The molecule has 0 atom stereocenters. The lowest BCUT2D eigenvalue weighted by Crippen LogP contribution is -2.38. The first kappa shape index (κ1) is 19.3. The zero-order chi connectivity index (χ0) is 18.6. The van der Waals surface area contributed by atoms with Gasteiger partial charge in [0.15, 0.2) is 0 Å². The number of benzene rings is 2. The lowest BCUT2D eigenvalue weighted by atomic mass is 10.0. The van der Waals surface area contributed by atoms with Gasteiger partial charge in [0, 0.05) is 12.1 Å². The summed E-state index contributed by atoms with van der Waals surface area (Å²) in [5, 5.41) is 3.38. The predicted molar refractivity (Wildman–Crippen MR) is 103 cm³/mol. The summed E-state index contributed by atoms with van der Waals surface area (Å²) in [6, 6.07) is 10.5. The highest BCUT2D eigenvalue weighted by atomic mass is 35.5. The van der Waals surface area contributed by atoms with Crippen molar-refractivity contribution in [3.63, 3.8) is 0 Å². The van der Waals surface area contributed by atoms with Gasteiger partial charge in [0.05, 0.1) is 15.7 Å². The van der Waals surface area contributed by atoms with E-state index in [1.165, 1.54) is 4.90 Å². The quantitative estimate of drug-likeness (QED) is 0.818. The summed E-state index contributed by atoms with van der Waals surface area (Å²) in [5.41, 5.74) is 2.91. The maximum Gasteiger partial charge on any atom is 0.254 e. The number of carbonyl (C=O) groups is 2. The number of nitrogens with one attached hydrogen (secondary N) is 1. The second-order valence-electron chi connectivity index (χ2n) is 5.71. The maximum atomic E-state index is 12.8. The van der Waals surface area contributed by atoms with Crippen molar-refractivity contribution in [2.45, 2.75) is 20.8 Å². The summed E-state index contributed by atoms with van der Waals surface area (Å²) in [4.78, 5) is 26.6. The van der Waals surface area contributed by atoms with Crippen LogP contribution in [0.25, 0.3) is 0 Å². The lowest BCUT2D eigenvalue weighted by molar-refractivity contribution is -0.116. The first-order chi connectivity index (χ1) is 11.8. The number of nitrogens with zero attached hydrogens (tertiary/aromatic N) is 1. The summed E-state index contributed by atoms with van der Waals surface area (Å²) >= 11 is 12.1. The molecule has 0 aliphatic rings. The van der Waals surface area contributed by atoms with Crippen molar-refractivity contribution in [1.29, 1.82) is 0 Å². The number of hydrogen-bond acceptors (Lipinski definition) is 2. The van der Waals surface area contributed by atoms with Crippen LogP contribution in [0.5, 0.6) is 0 Å². The number of anilines is 1. The van der Waals surface area contributed by atoms with Gasteiger partial charge in [-0.2, -0.15) is 0 Å². The predicted octanol–water partition coefficient (Wildman–Crippen LogP) is 4.71. The van der Waals surface area contributed by atoms with Crippen molar-refractivity contribution in [3.05, 3.63) is 63.1 Å². The largest absolute Gasteiger partial charge is 0.330 e. The highest BCUT2D eigenvalue weighted by Crippen LogP contribution is 2.29. The van der Waals surface area contributed by atoms with Crippen molar-refractivity contribution in [2.24, 2.45) is 0 Å². The number of hydrogen-bond donors (Lipinski definition) is 1. The minimum Gasteiger partial charge on any atom is -0.330 e. The Kier molecular flexibility index (Phi) is 6.45. The molecule has 132 valence electrons. The zero-order valence-electron chi connectivity index (χ0n) is 14.4. The van der Waals surface area contributed by atoms with E-state index < -0.39 is 0 Å². The lowest BCUT2D eigenvalue weighted by Gasteiger charge is -2.22. The molecular formula is C19H20Cl2N2O2. The molecule has 0 bridgehead atoms. The Morgan fingerprint density at radius 3 is 2.24 bits per heavy atom. The van der Waals surface area contributed by atoms with E-state index in [4.69, 9.17) is 23.2 Å². The van der Waals surface area contributed by atoms with Crippen LogP contribution in [0.15, 0.2) is 36.4 Å². The summed E-state index contributed by atoms with van der Waals surface area (Å²) in [6.07, 6.45) is 0. The molecule has 2 aromatic rings. The number of rotatable bonds is 5. The molecule has 0 aromatic heterocycles. The Labute approximate surface area is 157 Å². The fourth-order valence-electron chi connectivity index (χ4n) is 2.45. The summed E-state index contributed by atoms with van der Waals surface area (Å²) in [7, 11) is 0. The van der Waals surface area contributed by atoms with E-state index in [9.17, 15) is 9.59 Å². The normalized spacial score (nSPS) is 10.4. The molecule has 0 aliphatic carbocycles. The number of amides is 2. The average molecular weight is 379 g/mol. The molecular weight excluding hydrogens is 359 g/mol. The van der Waals surface area contributed by atoms with E-state index in [1.807, 2.05) is 32.9 Å². The Bertz CT molecular complexity index is 786. The van der Waals surface area contributed by atoms with Crippen molar-refractivity contribution < 1.29 is 9.59 Å². The molecule has 2 aromatic carbocycles. The fraction of sp³-hybridized carbons (Fsp3) is 0.263. The SMILES string of the molecule is CCN(CC(=O)Nc1c(Cl)cccc1Cl)C(=O)c1cccc(C)c1C. The number of halogens is 2. The third-order valence-electron chi connectivity index (χ3n) is 4.07. The van der Waals surface area contributed by atoms with Gasteiger partial charge >= 0.3 is 0 Å². The van der Waals surface area contributed by atoms with Crippen LogP contribution >= 0.6 is 23.2 Å². The van der Waals surface area contributed by atoms with Crippen LogP contribution in [0.3, 0.4) is 0 Å². The van der Waals surface area contributed by atoms with Crippen LogP contribution < -0.4 is 5.32 Å². The van der Waals surface area contributed by atoms with Crippen molar-refractivity contribution in [2.75, 3.05) is 18.4 Å². The summed E-state index contributed by atoms with van der Waals surface area (Å²) in [6.45, 7) is 6.02. The van der Waals surface area contributed by atoms with Crippen LogP contribution in [0, 0.1) is 13.8 Å². The fourth-order valence-corrected chi connectivity index (χ4v) is 2.94. The Morgan fingerprint density at radius 2 is 1.64 bits per heavy atom. The van der Waals surface area contributed by atoms with Crippen LogP contribution in [-0.2, 0) is 4.79 Å². The zero-order valence-corrected chi connectivity index (χ0v) is 15.9. The van der Waals surface area contributed by atoms with Crippen molar-refractivity contribution in [3.8, 4) is 0 Å². The van der Waals surface area contributed by atoms with Gasteiger partial charge in [0.2, 0.25) is 5.91 Å². The first-order valence-electron chi connectivity index (χ1n) is 7.94. The number of para-hydroxylation sites is 1. The molecule has 2 rings (SSSR count). The molecule has 0 radical (unpaired) electrons. The summed E-state index contributed by atoms with van der Waals surface area (Å²) in [5.74, 6) is -0.528. The van der Waals surface area contributed by atoms with E-state index in [0.29, 0.717) is 27.8 Å². The van der Waals surface area contributed by atoms with E-state index in [1.54, 1.807) is 24.3 Å². The van der Waals surface area contributed by atoms with Gasteiger partial charge < -0.3 is 10.2 Å². The Hall–Kier alpha value is -2.04. The van der Waals surface area contributed by atoms with Gasteiger partial charge in [-0.15, -0.1) is 0 Å². The number of likely N-dealkylation sites (N-methyl/N-ethyl adjacent to an activating group) is 1. The molecule has 2 amide bonds. The number of aryl methyl sites for hydroxylation is 1. The third kappa shape index (κ3) is 4.53. The Balaban J connectivity index is 2.15. The van der Waals surface area contributed by atoms with Crippen LogP contribution in [0.4, 0.5) is 5.69 Å². The highest BCUT2D eigenvalue weighted by Gasteiger charge is 2.20. The second-order valence-corrected chi connectivity index (χ2v) is 6.53. The highest BCUT2D eigenvalue weighted by molar-refractivity contribution is 6.39. The van der Waals surface area contributed by atoms with Gasteiger partial charge in [-0.3, -0.25) is 9.59 Å². The van der Waals surface area contributed by atoms with Crippen LogP contribution in [-0.4, -0.2) is 29.8 Å². The molecule has 0 spiro atoms. The van der Waals surface area contributed by atoms with E-state index >= 15 is 0 Å². The topological polar surface area (TPSA) is 49.4 Å².